The standard InChI is InChI=1S/C13H27N/c1-9(2)8-11(4)14-13-7-6-10(3)12(13)5/h9-14H,6-8H2,1-5H3. The Hall–Kier alpha value is -0.0400. The van der Waals surface area contributed by atoms with Crippen LogP contribution in [0.15, 0.2) is 0 Å². The minimum absolute atomic E-state index is 0.688. The Morgan fingerprint density at radius 3 is 2.21 bits per heavy atom. The molecule has 1 N–H and O–H groups in total. The fourth-order valence-electron chi connectivity index (χ4n) is 2.74. The molecule has 4 atom stereocenters. The average Bonchev–Trinajstić information content (AvgIpc) is 2.34. The molecule has 0 aromatic heterocycles. The van der Waals surface area contributed by atoms with Crippen molar-refractivity contribution in [3.05, 3.63) is 0 Å². The Morgan fingerprint density at radius 1 is 1.14 bits per heavy atom. The molecular weight excluding hydrogens is 170 g/mol. The monoisotopic (exact) mass is 197 g/mol. The van der Waals surface area contributed by atoms with Crippen LogP contribution in [0.25, 0.3) is 0 Å². The van der Waals surface area contributed by atoms with Gasteiger partial charge in [-0.3, -0.25) is 0 Å². The summed E-state index contributed by atoms with van der Waals surface area (Å²) in [5, 5.41) is 3.79. The van der Waals surface area contributed by atoms with Gasteiger partial charge in [-0.2, -0.15) is 0 Å². The first kappa shape index (κ1) is 12.0. The van der Waals surface area contributed by atoms with E-state index in [1.54, 1.807) is 0 Å². The third-order valence-corrected chi connectivity index (χ3v) is 3.79. The molecule has 84 valence electrons. The Kier molecular flexibility index (Phi) is 4.43. The van der Waals surface area contributed by atoms with E-state index >= 15 is 0 Å². The molecule has 0 spiro atoms. The highest BCUT2D eigenvalue weighted by molar-refractivity contribution is 4.86. The van der Waals surface area contributed by atoms with Crippen molar-refractivity contribution in [3.63, 3.8) is 0 Å². The van der Waals surface area contributed by atoms with Gasteiger partial charge in [0.05, 0.1) is 0 Å². The Morgan fingerprint density at radius 2 is 1.79 bits per heavy atom. The van der Waals surface area contributed by atoms with Crippen LogP contribution in [0.3, 0.4) is 0 Å². The van der Waals surface area contributed by atoms with Crippen LogP contribution >= 0.6 is 0 Å². The fraction of sp³-hybridized carbons (Fsp3) is 1.00. The lowest BCUT2D eigenvalue weighted by molar-refractivity contribution is 0.323. The van der Waals surface area contributed by atoms with Crippen molar-refractivity contribution in [2.45, 2.75) is 66.0 Å². The van der Waals surface area contributed by atoms with Crippen LogP contribution in [-0.4, -0.2) is 12.1 Å². The van der Waals surface area contributed by atoms with Crippen molar-refractivity contribution in [1.82, 2.24) is 5.32 Å². The second-order valence-electron chi connectivity index (χ2n) is 5.72. The van der Waals surface area contributed by atoms with Gasteiger partial charge in [0, 0.05) is 12.1 Å². The van der Waals surface area contributed by atoms with Crippen molar-refractivity contribution in [3.8, 4) is 0 Å². The molecule has 0 radical (unpaired) electrons. The van der Waals surface area contributed by atoms with Crippen molar-refractivity contribution < 1.29 is 0 Å². The number of nitrogens with one attached hydrogen (secondary N) is 1. The minimum atomic E-state index is 0.688. The summed E-state index contributed by atoms with van der Waals surface area (Å²) in [7, 11) is 0. The average molecular weight is 197 g/mol. The first-order valence-electron chi connectivity index (χ1n) is 6.26. The van der Waals surface area contributed by atoms with Gasteiger partial charge in [-0.1, -0.05) is 27.7 Å². The van der Waals surface area contributed by atoms with Gasteiger partial charge in [-0.25, -0.2) is 0 Å². The van der Waals surface area contributed by atoms with Gasteiger partial charge in [0.2, 0.25) is 0 Å². The lowest BCUT2D eigenvalue weighted by atomic mass is 9.96. The van der Waals surface area contributed by atoms with Gasteiger partial charge in [-0.15, -0.1) is 0 Å². The smallest absolute Gasteiger partial charge is 0.00978 e. The second kappa shape index (κ2) is 5.16. The number of hydrogen-bond acceptors (Lipinski definition) is 1. The largest absolute Gasteiger partial charge is 0.311 e. The highest BCUT2D eigenvalue weighted by Gasteiger charge is 2.30. The molecule has 0 aliphatic heterocycles. The minimum Gasteiger partial charge on any atom is -0.311 e. The van der Waals surface area contributed by atoms with Crippen molar-refractivity contribution in [2.75, 3.05) is 0 Å². The van der Waals surface area contributed by atoms with Crippen molar-refractivity contribution >= 4 is 0 Å². The van der Waals surface area contributed by atoms with E-state index in [1.165, 1.54) is 19.3 Å². The fourth-order valence-corrected chi connectivity index (χ4v) is 2.74. The van der Waals surface area contributed by atoms with Crippen molar-refractivity contribution in [1.29, 1.82) is 0 Å². The van der Waals surface area contributed by atoms with Crippen molar-refractivity contribution in [2.24, 2.45) is 17.8 Å². The molecule has 4 unspecified atom stereocenters. The molecule has 0 aromatic carbocycles. The lowest BCUT2D eigenvalue weighted by Crippen LogP contribution is -2.39. The predicted octanol–water partition coefficient (Wildman–Crippen LogP) is 3.45. The molecule has 0 bridgehead atoms. The second-order valence-corrected chi connectivity index (χ2v) is 5.72. The van der Waals surface area contributed by atoms with E-state index in [1.807, 2.05) is 0 Å². The van der Waals surface area contributed by atoms with E-state index in [9.17, 15) is 0 Å². The molecule has 0 amide bonds. The van der Waals surface area contributed by atoms with Gasteiger partial charge in [-0.05, 0) is 43.9 Å². The highest BCUT2D eigenvalue weighted by Crippen LogP contribution is 2.31. The SMILES string of the molecule is CC(C)CC(C)NC1CCC(C)C1C. The molecule has 1 rings (SSSR count). The first-order chi connectivity index (χ1) is 6.50. The van der Waals surface area contributed by atoms with E-state index in [-0.39, 0.29) is 0 Å². The molecule has 14 heavy (non-hydrogen) atoms. The van der Waals surface area contributed by atoms with Crippen LogP contribution in [0.2, 0.25) is 0 Å². The van der Waals surface area contributed by atoms with Gasteiger partial charge < -0.3 is 5.32 Å². The molecule has 1 saturated carbocycles. The van der Waals surface area contributed by atoms with E-state index in [4.69, 9.17) is 0 Å². The quantitative estimate of drug-likeness (QED) is 0.728. The molecule has 1 aliphatic carbocycles. The summed E-state index contributed by atoms with van der Waals surface area (Å²) in [6, 6.07) is 1.46. The highest BCUT2D eigenvalue weighted by atomic mass is 15.0. The maximum Gasteiger partial charge on any atom is 0.00978 e. The van der Waals surface area contributed by atoms with Crippen LogP contribution < -0.4 is 5.32 Å². The van der Waals surface area contributed by atoms with Crippen LogP contribution in [0.1, 0.15) is 53.9 Å². The molecule has 1 aliphatic rings. The molecule has 1 nitrogen and oxygen atoms in total. The molecule has 1 heteroatoms. The molecule has 0 heterocycles. The van der Waals surface area contributed by atoms with Gasteiger partial charge in [0.25, 0.3) is 0 Å². The number of rotatable bonds is 4. The van der Waals surface area contributed by atoms with Crippen LogP contribution in [0, 0.1) is 17.8 Å². The van der Waals surface area contributed by atoms with E-state index in [2.05, 4.69) is 39.9 Å². The maximum atomic E-state index is 3.79. The summed E-state index contributed by atoms with van der Waals surface area (Å²) in [4.78, 5) is 0. The summed E-state index contributed by atoms with van der Waals surface area (Å²) < 4.78 is 0. The lowest BCUT2D eigenvalue weighted by Gasteiger charge is -2.25. The molecule has 0 saturated heterocycles. The summed E-state index contributed by atoms with van der Waals surface area (Å²) in [6.45, 7) is 11.7. The van der Waals surface area contributed by atoms with E-state index < -0.39 is 0 Å². The summed E-state index contributed by atoms with van der Waals surface area (Å²) in [5.41, 5.74) is 0. The number of hydrogen-bond donors (Lipinski definition) is 1. The van der Waals surface area contributed by atoms with E-state index in [0.29, 0.717) is 6.04 Å². The zero-order chi connectivity index (χ0) is 10.7. The maximum absolute atomic E-state index is 3.79. The summed E-state index contributed by atoms with van der Waals surface area (Å²) in [5.74, 6) is 2.59. The van der Waals surface area contributed by atoms with Gasteiger partial charge in [0.1, 0.15) is 0 Å². The van der Waals surface area contributed by atoms with Crippen LogP contribution in [-0.2, 0) is 0 Å². The van der Waals surface area contributed by atoms with Gasteiger partial charge in [0.15, 0.2) is 0 Å². The summed E-state index contributed by atoms with van der Waals surface area (Å²) >= 11 is 0. The molecule has 0 aromatic rings. The summed E-state index contributed by atoms with van der Waals surface area (Å²) in [6.07, 6.45) is 4.09. The van der Waals surface area contributed by atoms with E-state index in [0.717, 1.165) is 23.8 Å². The molecular formula is C13H27N. The zero-order valence-corrected chi connectivity index (χ0v) is 10.5. The predicted molar refractivity (Wildman–Crippen MR) is 63.4 cm³/mol. The normalized spacial score (nSPS) is 35.1. The Balaban J connectivity index is 2.30. The van der Waals surface area contributed by atoms with Gasteiger partial charge >= 0.3 is 0 Å². The molecule has 1 fully saturated rings. The third-order valence-electron chi connectivity index (χ3n) is 3.79. The van der Waals surface area contributed by atoms with Crippen LogP contribution in [0.5, 0.6) is 0 Å². The topological polar surface area (TPSA) is 12.0 Å². The first-order valence-corrected chi connectivity index (χ1v) is 6.26. The Labute approximate surface area is 89.7 Å². The zero-order valence-electron chi connectivity index (χ0n) is 10.5. The Bertz CT molecular complexity index is 165. The third kappa shape index (κ3) is 3.27. The van der Waals surface area contributed by atoms with Crippen LogP contribution in [0.4, 0.5) is 0 Å².